The molecular formula is C27H24N8O. The molecule has 178 valence electrons. The van der Waals surface area contributed by atoms with Gasteiger partial charge in [0, 0.05) is 53.4 Å². The van der Waals surface area contributed by atoms with Gasteiger partial charge in [-0.25, -0.2) is 4.98 Å². The second-order valence-corrected chi connectivity index (χ2v) is 8.77. The highest BCUT2D eigenvalue weighted by Crippen LogP contribution is 2.33. The van der Waals surface area contributed by atoms with Gasteiger partial charge in [0.2, 0.25) is 0 Å². The Labute approximate surface area is 207 Å². The Balaban J connectivity index is 1.38. The monoisotopic (exact) mass is 476 g/mol. The first-order valence-corrected chi connectivity index (χ1v) is 11.6. The van der Waals surface area contributed by atoms with Crippen LogP contribution < -0.4 is 4.74 Å². The molecule has 0 saturated heterocycles. The van der Waals surface area contributed by atoms with E-state index in [0.29, 0.717) is 6.61 Å². The van der Waals surface area contributed by atoms with Gasteiger partial charge >= 0.3 is 0 Å². The van der Waals surface area contributed by atoms with Crippen molar-refractivity contribution in [3.05, 3.63) is 73.4 Å². The van der Waals surface area contributed by atoms with Crippen molar-refractivity contribution in [1.82, 2.24) is 40.0 Å². The lowest BCUT2D eigenvalue weighted by atomic mass is 10.1. The van der Waals surface area contributed by atoms with Gasteiger partial charge in [0.25, 0.3) is 0 Å². The number of ether oxygens (including phenoxy) is 1. The third kappa shape index (κ3) is 4.16. The number of hydrogen-bond acceptors (Lipinski definition) is 7. The lowest BCUT2D eigenvalue weighted by Crippen LogP contribution is -2.19. The average Bonchev–Trinajstić information content (AvgIpc) is 3.53. The smallest absolute Gasteiger partial charge is 0.138 e. The van der Waals surface area contributed by atoms with Crippen LogP contribution in [0.25, 0.3) is 55.8 Å². The predicted molar refractivity (Wildman–Crippen MR) is 139 cm³/mol. The Bertz CT molecular complexity index is 1660. The van der Waals surface area contributed by atoms with Gasteiger partial charge in [-0.15, -0.1) is 0 Å². The molecule has 0 unspecified atom stereocenters. The fourth-order valence-electron chi connectivity index (χ4n) is 4.15. The maximum absolute atomic E-state index is 5.86. The molecule has 6 aromatic rings. The van der Waals surface area contributed by atoms with E-state index in [9.17, 15) is 0 Å². The largest absolute Gasteiger partial charge is 0.491 e. The fourth-order valence-corrected chi connectivity index (χ4v) is 4.15. The van der Waals surface area contributed by atoms with E-state index in [2.05, 4.69) is 41.1 Å². The standard InChI is InChI=1S/C27H24N8O/c1-35(2)11-12-36-19-13-18(15-29-16-19)21-3-4-23-26(32-21)27(34-33-23)24-14-20-22(31-24)7-10-30-25(20)17-5-8-28-9-6-17/h3-10,13-16,31H,11-12H2,1-2H3,(H,33,34). The number of rotatable bonds is 7. The number of pyridine rings is 4. The molecule has 0 radical (unpaired) electrons. The molecule has 0 atom stereocenters. The predicted octanol–water partition coefficient (Wildman–Crippen LogP) is 4.57. The molecular weight excluding hydrogens is 452 g/mol. The van der Waals surface area contributed by atoms with Gasteiger partial charge in [-0.3, -0.25) is 20.1 Å². The van der Waals surface area contributed by atoms with Crippen LogP contribution in [0.3, 0.4) is 0 Å². The maximum Gasteiger partial charge on any atom is 0.138 e. The van der Waals surface area contributed by atoms with Gasteiger partial charge < -0.3 is 14.6 Å². The Hall–Kier alpha value is -4.63. The summed E-state index contributed by atoms with van der Waals surface area (Å²) in [6, 6.07) is 13.9. The van der Waals surface area contributed by atoms with Gasteiger partial charge in [0.05, 0.1) is 28.8 Å². The maximum atomic E-state index is 5.86. The summed E-state index contributed by atoms with van der Waals surface area (Å²) in [7, 11) is 4.03. The number of likely N-dealkylation sites (N-methyl/N-ethyl adjacent to an activating group) is 1. The Morgan fingerprint density at radius 2 is 1.75 bits per heavy atom. The first kappa shape index (κ1) is 21.9. The van der Waals surface area contributed by atoms with E-state index in [4.69, 9.17) is 9.72 Å². The van der Waals surface area contributed by atoms with Crippen LogP contribution in [0.2, 0.25) is 0 Å². The van der Waals surface area contributed by atoms with Gasteiger partial charge in [-0.05, 0) is 56.6 Å². The molecule has 36 heavy (non-hydrogen) atoms. The molecule has 6 heterocycles. The highest BCUT2D eigenvalue weighted by molar-refractivity contribution is 5.99. The number of hydrogen-bond donors (Lipinski definition) is 2. The molecule has 0 amide bonds. The molecule has 0 saturated carbocycles. The normalized spacial score (nSPS) is 11.5. The molecule has 0 spiro atoms. The second-order valence-electron chi connectivity index (χ2n) is 8.77. The van der Waals surface area contributed by atoms with Crippen molar-refractivity contribution < 1.29 is 4.74 Å². The van der Waals surface area contributed by atoms with E-state index in [-0.39, 0.29) is 0 Å². The lowest BCUT2D eigenvalue weighted by molar-refractivity contribution is 0.261. The minimum atomic E-state index is 0.590. The Morgan fingerprint density at radius 1 is 0.861 bits per heavy atom. The van der Waals surface area contributed by atoms with E-state index in [1.165, 1.54) is 0 Å². The van der Waals surface area contributed by atoms with Gasteiger partial charge in [-0.1, -0.05) is 0 Å². The lowest BCUT2D eigenvalue weighted by Gasteiger charge is -2.11. The number of H-pyrrole nitrogens is 2. The second kappa shape index (κ2) is 9.20. The number of nitrogens with zero attached hydrogens (tertiary/aromatic N) is 6. The van der Waals surface area contributed by atoms with Crippen LogP contribution >= 0.6 is 0 Å². The Kier molecular flexibility index (Phi) is 5.59. The van der Waals surface area contributed by atoms with Crippen LogP contribution in [0.15, 0.2) is 73.4 Å². The van der Waals surface area contributed by atoms with Crippen molar-refractivity contribution >= 4 is 21.9 Å². The summed E-state index contributed by atoms with van der Waals surface area (Å²) in [5.41, 5.74) is 7.79. The van der Waals surface area contributed by atoms with Crippen LogP contribution in [0.1, 0.15) is 0 Å². The molecule has 0 aromatic carbocycles. The third-order valence-electron chi connectivity index (χ3n) is 5.98. The summed E-state index contributed by atoms with van der Waals surface area (Å²) in [6.45, 7) is 1.42. The molecule has 9 heteroatoms. The number of aromatic nitrogens is 7. The number of aromatic amines is 2. The summed E-state index contributed by atoms with van der Waals surface area (Å²) in [5.74, 6) is 0.718. The molecule has 9 nitrogen and oxygen atoms in total. The summed E-state index contributed by atoms with van der Waals surface area (Å²) in [5, 5.41) is 8.69. The van der Waals surface area contributed by atoms with E-state index < -0.39 is 0 Å². The number of nitrogens with one attached hydrogen (secondary N) is 2. The van der Waals surface area contributed by atoms with E-state index in [1.807, 2.05) is 50.5 Å². The zero-order valence-electron chi connectivity index (χ0n) is 19.9. The third-order valence-corrected chi connectivity index (χ3v) is 5.98. The van der Waals surface area contributed by atoms with E-state index in [0.717, 1.165) is 68.1 Å². The van der Waals surface area contributed by atoms with Crippen molar-refractivity contribution in [3.63, 3.8) is 0 Å². The molecule has 6 aromatic heterocycles. The molecule has 0 fully saturated rings. The molecule has 0 aliphatic carbocycles. The number of fused-ring (bicyclic) bond motifs is 2. The Morgan fingerprint density at radius 3 is 2.61 bits per heavy atom. The van der Waals surface area contributed by atoms with Crippen molar-refractivity contribution in [3.8, 4) is 39.7 Å². The van der Waals surface area contributed by atoms with Gasteiger partial charge in [-0.2, -0.15) is 5.10 Å². The first-order chi connectivity index (χ1) is 17.7. The summed E-state index contributed by atoms with van der Waals surface area (Å²) < 4.78 is 5.86. The van der Waals surface area contributed by atoms with Crippen LogP contribution in [0, 0.1) is 0 Å². The average molecular weight is 477 g/mol. The fraction of sp³-hybridized carbons (Fsp3) is 0.148. The summed E-state index contributed by atoms with van der Waals surface area (Å²) in [4.78, 5) is 23.6. The summed E-state index contributed by atoms with van der Waals surface area (Å²) in [6.07, 6.45) is 8.86. The van der Waals surface area contributed by atoms with Gasteiger partial charge in [0.1, 0.15) is 23.6 Å². The zero-order valence-corrected chi connectivity index (χ0v) is 19.9. The van der Waals surface area contributed by atoms with Crippen molar-refractivity contribution in [2.24, 2.45) is 0 Å². The molecule has 2 N–H and O–H groups in total. The molecule has 0 aliphatic rings. The first-order valence-electron chi connectivity index (χ1n) is 11.6. The molecule has 0 aliphatic heterocycles. The SMILES string of the molecule is CN(C)CCOc1cncc(-c2ccc3[nH]nc(-c4cc5c(-c6ccncc6)nccc5[nH]4)c3n2)c1. The van der Waals surface area contributed by atoms with Crippen molar-refractivity contribution in [2.75, 3.05) is 27.2 Å². The zero-order chi connectivity index (χ0) is 24.5. The van der Waals surface area contributed by atoms with E-state index in [1.54, 1.807) is 31.0 Å². The van der Waals surface area contributed by atoms with Crippen LogP contribution in [0.5, 0.6) is 5.75 Å². The summed E-state index contributed by atoms with van der Waals surface area (Å²) >= 11 is 0. The van der Waals surface area contributed by atoms with Crippen LogP contribution in [0.4, 0.5) is 0 Å². The van der Waals surface area contributed by atoms with E-state index >= 15 is 0 Å². The quantitative estimate of drug-likeness (QED) is 0.348. The minimum Gasteiger partial charge on any atom is -0.491 e. The minimum absolute atomic E-state index is 0.590. The van der Waals surface area contributed by atoms with Crippen LogP contribution in [-0.4, -0.2) is 67.3 Å². The highest BCUT2D eigenvalue weighted by Gasteiger charge is 2.16. The highest BCUT2D eigenvalue weighted by atomic mass is 16.5. The van der Waals surface area contributed by atoms with Crippen molar-refractivity contribution in [2.45, 2.75) is 0 Å². The van der Waals surface area contributed by atoms with Gasteiger partial charge in [0.15, 0.2) is 0 Å². The molecule has 0 bridgehead atoms. The topological polar surface area (TPSA) is 109 Å². The van der Waals surface area contributed by atoms with Crippen molar-refractivity contribution in [1.29, 1.82) is 0 Å². The molecule has 6 rings (SSSR count). The van der Waals surface area contributed by atoms with Crippen LogP contribution in [-0.2, 0) is 0 Å².